The molecule has 3 rings (SSSR count). The van der Waals surface area contributed by atoms with E-state index in [0.717, 1.165) is 27.8 Å². The minimum absolute atomic E-state index is 0.0999. The molecule has 0 aliphatic carbocycles. The molecule has 0 aliphatic heterocycles. The number of carbonyl (C=O) groups excluding carboxylic acids is 1. The number of carbonyl (C=O) groups is 1. The highest BCUT2D eigenvalue weighted by molar-refractivity contribution is 7.98. The number of hydrogen-bond donors (Lipinski definition) is 1. The molecule has 2 heterocycles. The third-order valence-electron chi connectivity index (χ3n) is 3.05. The van der Waals surface area contributed by atoms with Crippen molar-refractivity contribution in [3.8, 4) is 5.69 Å². The normalized spacial score (nSPS) is 10.5. The van der Waals surface area contributed by atoms with Gasteiger partial charge in [-0.2, -0.15) is 0 Å². The second-order valence-corrected chi connectivity index (χ2v) is 5.81. The standard InChI is InChI=1S/C16H15N5OS/c1-12(22)19-14-5-2-6-15(8-14)21-11-18-20-16(21)23-10-13-4-3-7-17-9-13/h2-9,11H,10H2,1H3,(H,19,22). The molecular weight excluding hydrogens is 310 g/mol. The van der Waals surface area contributed by atoms with Gasteiger partial charge in [-0.15, -0.1) is 10.2 Å². The summed E-state index contributed by atoms with van der Waals surface area (Å²) in [6.07, 6.45) is 5.26. The fraction of sp³-hybridized carbons (Fsp3) is 0.125. The number of aromatic nitrogens is 4. The highest BCUT2D eigenvalue weighted by atomic mass is 32.2. The lowest BCUT2D eigenvalue weighted by Crippen LogP contribution is -2.06. The molecule has 1 aromatic carbocycles. The lowest BCUT2D eigenvalue weighted by Gasteiger charge is -2.08. The molecule has 0 bridgehead atoms. The Labute approximate surface area is 138 Å². The van der Waals surface area contributed by atoms with Gasteiger partial charge in [0, 0.05) is 30.8 Å². The molecular formula is C16H15N5OS. The average molecular weight is 325 g/mol. The summed E-state index contributed by atoms with van der Waals surface area (Å²) in [7, 11) is 0. The van der Waals surface area contributed by atoms with Gasteiger partial charge in [-0.05, 0) is 29.8 Å². The number of anilines is 1. The first-order valence-corrected chi connectivity index (χ1v) is 8.01. The van der Waals surface area contributed by atoms with Crippen LogP contribution >= 0.6 is 11.8 Å². The topological polar surface area (TPSA) is 72.7 Å². The molecule has 116 valence electrons. The molecule has 3 aromatic rings. The van der Waals surface area contributed by atoms with Crippen LogP contribution < -0.4 is 5.32 Å². The lowest BCUT2D eigenvalue weighted by atomic mass is 10.2. The van der Waals surface area contributed by atoms with Gasteiger partial charge in [-0.25, -0.2) is 0 Å². The predicted octanol–water partition coefficient (Wildman–Crippen LogP) is 2.91. The molecule has 2 aromatic heterocycles. The fourth-order valence-corrected chi connectivity index (χ4v) is 2.93. The number of rotatable bonds is 5. The van der Waals surface area contributed by atoms with E-state index in [-0.39, 0.29) is 5.91 Å². The van der Waals surface area contributed by atoms with Crippen molar-refractivity contribution in [2.75, 3.05) is 5.32 Å². The van der Waals surface area contributed by atoms with Gasteiger partial charge >= 0.3 is 0 Å². The maximum absolute atomic E-state index is 11.2. The summed E-state index contributed by atoms with van der Waals surface area (Å²) < 4.78 is 1.90. The summed E-state index contributed by atoms with van der Waals surface area (Å²) in [4.78, 5) is 15.3. The zero-order chi connectivity index (χ0) is 16.1. The Kier molecular flexibility index (Phi) is 4.68. The van der Waals surface area contributed by atoms with Crippen LogP contribution in [-0.4, -0.2) is 25.7 Å². The molecule has 1 N–H and O–H groups in total. The number of thioether (sulfide) groups is 1. The van der Waals surface area contributed by atoms with Gasteiger partial charge in [0.25, 0.3) is 0 Å². The zero-order valence-corrected chi connectivity index (χ0v) is 13.3. The van der Waals surface area contributed by atoms with E-state index in [1.807, 2.05) is 47.2 Å². The second-order valence-electron chi connectivity index (χ2n) is 4.86. The van der Waals surface area contributed by atoms with E-state index in [9.17, 15) is 4.79 Å². The van der Waals surface area contributed by atoms with Crippen molar-refractivity contribution in [3.63, 3.8) is 0 Å². The van der Waals surface area contributed by atoms with E-state index in [0.29, 0.717) is 0 Å². The Hall–Kier alpha value is -2.67. The van der Waals surface area contributed by atoms with Crippen LogP contribution in [0, 0.1) is 0 Å². The molecule has 0 spiro atoms. The van der Waals surface area contributed by atoms with Gasteiger partial charge in [0.1, 0.15) is 6.33 Å². The molecule has 0 saturated carbocycles. The molecule has 0 saturated heterocycles. The number of nitrogens with zero attached hydrogens (tertiary/aromatic N) is 4. The van der Waals surface area contributed by atoms with Gasteiger partial charge in [-0.1, -0.05) is 23.9 Å². The van der Waals surface area contributed by atoms with Crippen molar-refractivity contribution in [2.45, 2.75) is 17.8 Å². The van der Waals surface area contributed by atoms with Crippen molar-refractivity contribution in [2.24, 2.45) is 0 Å². The van der Waals surface area contributed by atoms with Gasteiger partial charge in [0.05, 0.1) is 5.69 Å². The maximum atomic E-state index is 11.2. The number of benzene rings is 1. The highest BCUT2D eigenvalue weighted by Crippen LogP contribution is 2.24. The molecule has 0 aliphatic rings. The molecule has 0 fully saturated rings. The minimum Gasteiger partial charge on any atom is -0.326 e. The largest absolute Gasteiger partial charge is 0.326 e. The summed E-state index contributed by atoms with van der Waals surface area (Å²) in [6.45, 7) is 1.49. The first kappa shape index (κ1) is 15.2. The van der Waals surface area contributed by atoms with Crippen molar-refractivity contribution >= 4 is 23.4 Å². The molecule has 0 unspecified atom stereocenters. The minimum atomic E-state index is -0.0999. The predicted molar refractivity (Wildman–Crippen MR) is 89.5 cm³/mol. The molecule has 6 nitrogen and oxygen atoms in total. The van der Waals surface area contributed by atoms with Crippen LogP contribution in [0.15, 0.2) is 60.3 Å². The molecule has 0 atom stereocenters. The first-order chi connectivity index (χ1) is 11.2. The molecule has 0 radical (unpaired) electrons. The van der Waals surface area contributed by atoms with Gasteiger partial charge in [0.2, 0.25) is 5.91 Å². The maximum Gasteiger partial charge on any atom is 0.221 e. The summed E-state index contributed by atoms with van der Waals surface area (Å²) >= 11 is 1.58. The van der Waals surface area contributed by atoms with Gasteiger partial charge < -0.3 is 5.32 Å². The van der Waals surface area contributed by atoms with Crippen LogP contribution in [0.25, 0.3) is 5.69 Å². The smallest absolute Gasteiger partial charge is 0.221 e. The number of pyridine rings is 1. The van der Waals surface area contributed by atoms with E-state index < -0.39 is 0 Å². The van der Waals surface area contributed by atoms with E-state index in [1.165, 1.54) is 6.92 Å². The van der Waals surface area contributed by atoms with E-state index >= 15 is 0 Å². The summed E-state index contributed by atoms with van der Waals surface area (Å²) in [6, 6.07) is 11.5. The molecule has 23 heavy (non-hydrogen) atoms. The Morgan fingerprint density at radius 2 is 2.22 bits per heavy atom. The Bertz CT molecular complexity index is 803. The quantitative estimate of drug-likeness (QED) is 0.730. The van der Waals surface area contributed by atoms with Crippen LogP contribution in [0.4, 0.5) is 5.69 Å². The number of nitrogens with one attached hydrogen (secondary N) is 1. The first-order valence-electron chi connectivity index (χ1n) is 7.02. The van der Waals surface area contributed by atoms with E-state index in [1.54, 1.807) is 24.3 Å². The summed E-state index contributed by atoms with van der Waals surface area (Å²) in [5.74, 6) is 0.662. The lowest BCUT2D eigenvalue weighted by molar-refractivity contribution is -0.114. The van der Waals surface area contributed by atoms with Crippen molar-refractivity contribution in [3.05, 3.63) is 60.7 Å². The second kappa shape index (κ2) is 7.06. The SMILES string of the molecule is CC(=O)Nc1cccc(-n2cnnc2SCc2cccnc2)c1. The Morgan fingerprint density at radius 3 is 3.00 bits per heavy atom. The Balaban J connectivity index is 1.79. The third-order valence-corrected chi connectivity index (χ3v) is 4.07. The summed E-state index contributed by atoms with van der Waals surface area (Å²) in [5, 5.41) is 11.7. The van der Waals surface area contributed by atoms with Crippen molar-refractivity contribution in [1.82, 2.24) is 19.7 Å². The monoisotopic (exact) mass is 325 g/mol. The third kappa shape index (κ3) is 3.95. The van der Waals surface area contributed by atoms with Crippen LogP contribution in [0.5, 0.6) is 0 Å². The van der Waals surface area contributed by atoms with E-state index in [2.05, 4.69) is 20.5 Å². The number of amides is 1. The Morgan fingerprint density at radius 1 is 1.30 bits per heavy atom. The van der Waals surface area contributed by atoms with Crippen molar-refractivity contribution in [1.29, 1.82) is 0 Å². The van der Waals surface area contributed by atoms with Gasteiger partial charge in [0.15, 0.2) is 5.16 Å². The van der Waals surface area contributed by atoms with Gasteiger partial charge in [-0.3, -0.25) is 14.3 Å². The highest BCUT2D eigenvalue weighted by Gasteiger charge is 2.08. The van der Waals surface area contributed by atoms with Crippen LogP contribution in [0.1, 0.15) is 12.5 Å². The fourth-order valence-electron chi connectivity index (χ4n) is 2.07. The van der Waals surface area contributed by atoms with Crippen LogP contribution in [0.3, 0.4) is 0 Å². The van der Waals surface area contributed by atoms with Crippen molar-refractivity contribution < 1.29 is 4.79 Å². The molecule has 1 amide bonds. The number of hydrogen-bond acceptors (Lipinski definition) is 5. The van der Waals surface area contributed by atoms with Crippen LogP contribution in [-0.2, 0) is 10.5 Å². The average Bonchev–Trinajstić information content (AvgIpc) is 3.02. The van der Waals surface area contributed by atoms with Crippen LogP contribution in [0.2, 0.25) is 0 Å². The zero-order valence-electron chi connectivity index (χ0n) is 12.5. The summed E-state index contributed by atoms with van der Waals surface area (Å²) in [5.41, 5.74) is 2.76. The van der Waals surface area contributed by atoms with E-state index in [4.69, 9.17) is 0 Å². The molecule has 7 heteroatoms.